The molecule has 13 heavy (non-hydrogen) atoms. The van der Waals surface area contributed by atoms with E-state index in [1.165, 1.54) is 0 Å². The minimum Gasteiger partial charge on any atom is -0.481 e. The highest BCUT2D eigenvalue weighted by atomic mass is 16.4. The van der Waals surface area contributed by atoms with E-state index in [4.69, 9.17) is 5.11 Å². The van der Waals surface area contributed by atoms with Gasteiger partial charge in [-0.3, -0.25) is 4.79 Å². The number of carboxylic acid groups (broad SMARTS) is 1. The van der Waals surface area contributed by atoms with Gasteiger partial charge in [0.05, 0.1) is 12.7 Å². The van der Waals surface area contributed by atoms with Gasteiger partial charge in [-0.05, 0) is 0 Å². The van der Waals surface area contributed by atoms with Gasteiger partial charge in [0.2, 0.25) is 0 Å². The first-order valence-electron chi connectivity index (χ1n) is 4.19. The molecule has 3 N–H and O–H groups in total. The molecule has 5 heteroatoms. The van der Waals surface area contributed by atoms with Crippen LogP contribution in [0.25, 0.3) is 0 Å². The number of rotatable bonds is 6. The number of H-pyrrole nitrogens is 1. The topological polar surface area (TPSA) is 78.0 Å². The van der Waals surface area contributed by atoms with Gasteiger partial charge in [0, 0.05) is 31.4 Å². The van der Waals surface area contributed by atoms with Crippen LogP contribution >= 0.6 is 0 Å². The van der Waals surface area contributed by atoms with Crippen LogP contribution < -0.4 is 5.32 Å². The van der Waals surface area contributed by atoms with Crippen LogP contribution in [0.3, 0.4) is 0 Å². The van der Waals surface area contributed by atoms with Crippen LogP contribution in [0.5, 0.6) is 0 Å². The third-order valence-electron chi connectivity index (χ3n) is 1.64. The summed E-state index contributed by atoms with van der Waals surface area (Å²) in [5, 5.41) is 11.4. The summed E-state index contributed by atoms with van der Waals surface area (Å²) in [6, 6.07) is 0. The molecule has 0 aliphatic rings. The fourth-order valence-electron chi connectivity index (χ4n) is 0.965. The van der Waals surface area contributed by atoms with Gasteiger partial charge in [0.25, 0.3) is 0 Å². The third kappa shape index (κ3) is 4.27. The van der Waals surface area contributed by atoms with Crippen LogP contribution in [0.15, 0.2) is 12.5 Å². The molecule has 1 aromatic rings. The SMILES string of the molecule is O=C(O)CCNCCc1cnc[nH]1. The summed E-state index contributed by atoms with van der Waals surface area (Å²) in [7, 11) is 0. The summed E-state index contributed by atoms with van der Waals surface area (Å²) in [5.74, 6) is -0.769. The average molecular weight is 183 g/mol. The van der Waals surface area contributed by atoms with Crippen molar-refractivity contribution < 1.29 is 9.90 Å². The van der Waals surface area contributed by atoms with E-state index >= 15 is 0 Å². The van der Waals surface area contributed by atoms with Gasteiger partial charge in [0.15, 0.2) is 0 Å². The summed E-state index contributed by atoms with van der Waals surface area (Å²) in [6.07, 6.45) is 4.41. The van der Waals surface area contributed by atoms with Crippen molar-refractivity contribution in [2.75, 3.05) is 13.1 Å². The number of aromatic nitrogens is 2. The summed E-state index contributed by atoms with van der Waals surface area (Å²) < 4.78 is 0. The van der Waals surface area contributed by atoms with Crippen molar-refractivity contribution in [3.8, 4) is 0 Å². The molecule has 1 rings (SSSR count). The number of hydrogen-bond acceptors (Lipinski definition) is 3. The Morgan fingerprint density at radius 2 is 2.46 bits per heavy atom. The fraction of sp³-hybridized carbons (Fsp3) is 0.500. The minimum absolute atomic E-state index is 0.170. The van der Waals surface area contributed by atoms with E-state index in [1.807, 2.05) is 0 Å². The van der Waals surface area contributed by atoms with Crippen LogP contribution in [0.2, 0.25) is 0 Å². The molecule has 0 saturated carbocycles. The molecule has 0 aliphatic carbocycles. The highest BCUT2D eigenvalue weighted by Gasteiger charge is 1.96. The Morgan fingerprint density at radius 3 is 3.08 bits per heavy atom. The number of nitrogens with one attached hydrogen (secondary N) is 2. The smallest absolute Gasteiger partial charge is 0.304 e. The molecule has 1 heterocycles. The van der Waals surface area contributed by atoms with Crippen LogP contribution in [0, 0.1) is 0 Å². The van der Waals surface area contributed by atoms with Gasteiger partial charge in [0.1, 0.15) is 0 Å². The second-order valence-corrected chi connectivity index (χ2v) is 2.72. The number of carboxylic acids is 1. The van der Waals surface area contributed by atoms with Crippen molar-refractivity contribution in [1.29, 1.82) is 0 Å². The zero-order valence-electron chi connectivity index (χ0n) is 7.29. The molecule has 0 radical (unpaired) electrons. The molecule has 0 bridgehead atoms. The molecule has 5 nitrogen and oxygen atoms in total. The van der Waals surface area contributed by atoms with Crippen LogP contribution in [0.1, 0.15) is 12.1 Å². The number of aromatic amines is 1. The Hall–Kier alpha value is -1.36. The van der Waals surface area contributed by atoms with Crippen molar-refractivity contribution >= 4 is 5.97 Å². The zero-order chi connectivity index (χ0) is 9.52. The van der Waals surface area contributed by atoms with E-state index in [9.17, 15) is 4.79 Å². The number of imidazole rings is 1. The van der Waals surface area contributed by atoms with E-state index in [0.29, 0.717) is 6.54 Å². The van der Waals surface area contributed by atoms with Gasteiger partial charge in [-0.1, -0.05) is 0 Å². The highest BCUT2D eigenvalue weighted by molar-refractivity contribution is 5.66. The number of hydrogen-bond donors (Lipinski definition) is 3. The number of nitrogens with zero attached hydrogens (tertiary/aromatic N) is 1. The largest absolute Gasteiger partial charge is 0.481 e. The summed E-state index contributed by atoms with van der Waals surface area (Å²) in [5.41, 5.74) is 1.06. The Bertz CT molecular complexity index is 246. The lowest BCUT2D eigenvalue weighted by molar-refractivity contribution is -0.136. The monoisotopic (exact) mass is 183 g/mol. The molecule has 0 spiro atoms. The van der Waals surface area contributed by atoms with Crippen molar-refractivity contribution in [3.63, 3.8) is 0 Å². The first-order valence-corrected chi connectivity index (χ1v) is 4.19. The van der Waals surface area contributed by atoms with Crippen LogP contribution in [-0.4, -0.2) is 34.1 Å². The normalized spacial score (nSPS) is 10.2. The maximum absolute atomic E-state index is 10.1. The molecular formula is C8H13N3O2. The van der Waals surface area contributed by atoms with Crippen molar-refractivity contribution in [2.24, 2.45) is 0 Å². The molecule has 0 unspecified atom stereocenters. The quantitative estimate of drug-likeness (QED) is 0.543. The average Bonchev–Trinajstić information content (AvgIpc) is 2.55. The van der Waals surface area contributed by atoms with E-state index in [1.54, 1.807) is 12.5 Å². The molecule has 0 fully saturated rings. The van der Waals surface area contributed by atoms with E-state index < -0.39 is 5.97 Å². The van der Waals surface area contributed by atoms with Crippen LogP contribution in [-0.2, 0) is 11.2 Å². The lowest BCUT2D eigenvalue weighted by Crippen LogP contribution is -2.20. The standard InChI is InChI=1S/C8H13N3O2/c12-8(13)2-4-9-3-1-7-5-10-6-11-7/h5-6,9H,1-4H2,(H,10,11)(H,12,13). The lowest BCUT2D eigenvalue weighted by Gasteiger charge is -2.00. The molecule has 72 valence electrons. The molecule has 0 saturated heterocycles. The molecule has 1 aromatic heterocycles. The fourth-order valence-corrected chi connectivity index (χ4v) is 0.965. The summed E-state index contributed by atoms with van der Waals surface area (Å²) >= 11 is 0. The second kappa shape index (κ2) is 5.31. The Labute approximate surface area is 76.2 Å². The zero-order valence-corrected chi connectivity index (χ0v) is 7.29. The van der Waals surface area contributed by atoms with Gasteiger partial charge in [-0.25, -0.2) is 4.98 Å². The first kappa shape index (κ1) is 9.73. The van der Waals surface area contributed by atoms with E-state index in [0.717, 1.165) is 18.7 Å². The molecule has 0 atom stereocenters. The van der Waals surface area contributed by atoms with Crippen molar-refractivity contribution in [1.82, 2.24) is 15.3 Å². The van der Waals surface area contributed by atoms with E-state index in [-0.39, 0.29) is 6.42 Å². The predicted molar refractivity (Wildman–Crippen MR) is 47.4 cm³/mol. The second-order valence-electron chi connectivity index (χ2n) is 2.72. The molecular weight excluding hydrogens is 170 g/mol. The van der Waals surface area contributed by atoms with Gasteiger partial charge < -0.3 is 15.4 Å². The van der Waals surface area contributed by atoms with Gasteiger partial charge in [-0.2, -0.15) is 0 Å². The van der Waals surface area contributed by atoms with Gasteiger partial charge >= 0.3 is 5.97 Å². The molecule has 0 aromatic carbocycles. The van der Waals surface area contributed by atoms with Crippen molar-refractivity contribution in [2.45, 2.75) is 12.8 Å². The van der Waals surface area contributed by atoms with Gasteiger partial charge in [-0.15, -0.1) is 0 Å². The maximum atomic E-state index is 10.1. The summed E-state index contributed by atoms with van der Waals surface area (Å²) in [6.45, 7) is 1.29. The highest BCUT2D eigenvalue weighted by Crippen LogP contribution is 1.90. The van der Waals surface area contributed by atoms with Crippen molar-refractivity contribution in [3.05, 3.63) is 18.2 Å². The predicted octanol–water partition coefficient (Wildman–Crippen LogP) is 0.0165. The molecule has 0 aliphatic heterocycles. The number of aliphatic carboxylic acids is 1. The van der Waals surface area contributed by atoms with E-state index in [2.05, 4.69) is 15.3 Å². The Balaban J connectivity index is 1.99. The summed E-state index contributed by atoms with van der Waals surface area (Å²) in [4.78, 5) is 17.0. The minimum atomic E-state index is -0.769. The Morgan fingerprint density at radius 1 is 1.62 bits per heavy atom. The maximum Gasteiger partial charge on any atom is 0.304 e. The third-order valence-corrected chi connectivity index (χ3v) is 1.64. The Kier molecular flexibility index (Phi) is 3.98. The molecule has 0 amide bonds. The lowest BCUT2D eigenvalue weighted by atomic mass is 10.3. The number of carbonyl (C=O) groups is 1. The first-order chi connectivity index (χ1) is 6.29. The van der Waals surface area contributed by atoms with Crippen LogP contribution in [0.4, 0.5) is 0 Å².